The first-order valence-electron chi connectivity index (χ1n) is 6.77. The molecule has 1 aliphatic heterocycles. The zero-order valence-corrected chi connectivity index (χ0v) is 11.7. The number of fused-ring (bicyclic) bond motifs is 1. The first-order chi connectivity index (χ1) is 10.2. The molecule has 0 radical (unpaired) electrons. The van der Waals surface area contributed by atoms with Crippen LogP contribution in [0, 0.1) is 6.92 Å². The van der Waals surface area contributed by atoms with E-state index in [9.17, 15) is 4.79 Å². The minimum atomic E-state index is -0.106. The van der Waals surface area contributed by atoms with Crippen molar-refractivity contribution in [2.45, 2.75) is 13.5 Å². The Morgan fingerprint density at radius 3 is 2.86 bits per heavy atom. The summed E-state index contributed by atoms with van der Waals surface area (Å²) in [5.41, 5.74) is 5.13. The van der Waals surface area contributed by atoms with Gasteiger partial charge in [0, 0.05) is 23.1 Å². The molecular formula is C17H16N2O2. The van der Waals surface area contributed by atoms with Crippen molar-refractivity contribution in [1.82, 2.24) is 0 Å². The molecule has 4 nitrogen and oxygen atoms in total. The first-order valence-corrected chi connectivity index (χ1v) is 6.77. The van der Waals surface area contributed by atoms with Crippen LogP contribution in [0.1, 0.15) is 16.7 Å². The molecule has 2 aromatic rings. The number of rotatable bonds is 3. The van der Waals surface area contributed by atoms with Crippen molar-refractivity contribution in [3.8, 4) is 0 Å². The highest BCUT2D eigenvalue weighted by molar-refractivity contribution is 6.32. The van der Waals surface area contributed by atoms with Gasteiger partial charge >= 0.3 is 0 Å². The summed E-state index contributed by atoms with van der Waals surface area (Å²) in [5.74, 6) is -0.106. The topological polar surface area (TPSA) is 61.4 Å². The quantitative estimate of drug-likeness (QED) is 0.758. The minimum Gasteiger partial charge on any atom is -0.392 e. The van der Waals surface area contributed by atoms with Crippen molar-refractivity contribution in [3.63, 3.8) is 0 Å². The molecule has 0 saturated heterocycles. The Kier molecular flexibility index (Phi) is 3.46. The molecule has 1 amide bonds. The van der Waals surface area contributed by atoms with Gasteiger partial charge in [-0.2, -0.15) is 0 Å². The average molecular weight is 280 g/mol. The largest absolute Gasteiger partial charge is 0.392 e. The average Bonchev–Trinajstić information content (AvgIpc) is 2.82. The van der Waals surface area contributed by atoms with Crippen molar-refractivity contribution < 1.29 is 9.90 Å². The van der Waals surface area contributed by atoms with Crippen LogP contribution in [-0.2, 0) is 11.4 Å². The lowest BCUT2D eigenvalue weighted by atomic mass is 10.0. The van der Waals surface area contributed by atoms with Crippen LogP contribution in [0.2, 0.25) is 0 Å². The summed E-state index contributed by atoms with van der Waals surface area (Å²) in [7, 11) is 0. The molecule has 2 aromatic carbocycles. The third-order valence-corrected chi connectivity index (χ3v) is 3.53. The van der Waals surface area contributed by atoms with E-state index < -0.39 is 0 Å². The van der Waals surface area contributed by atoms with Gasteiger partial charge in [0.2, 0.25) is 0 Å². The van der Waals surface area contributed by atoms with Gasteiger partial charge in [0.1, 0.15) is 0 Å². The van der Waals surface area contributed by atoms with Gasteiger partial charge < -0.3 is 15.7 Å². The summed E-state index contributed by atoms with van der Waals surface area (Å²) in [6.07, 6.45) is 1.71. The molecule has 0 bridgehead atoms. The van der Waals surface area contributed by atoms with Crippen LogP contribution < -0.4 is 10.6 Å². The number of hydrogen-bond acceptors (Lipinski definition) is 3. The SMILES string of the molecule is Cc1cccc2c1/C(=C\Nc1cccc(CO)c1)C(=O)N2. The fourth-order valence-electron chi connectivity index (χ4n) is 2.49. The van der Waals surface area contributed by atoms with Crippen molar-refractivity contribution in [2.24, 2.45) is 0 Å². The molecule has 3 N–H and O–H groups in total. The maximum atomic E-state index is 12.1. The van der Waals surface area contributed by atoms with Crippen molar-refractivity contribution in [2.75, 3.05) is 10.6 Å². The second kappa shape index (κ2) is 5.42. The van der Waals surface area contributed by atoms with Crippen LogP contribution in [0.25, 0.3) is 5.57 Å². The van der Waals surface area contributed by atoms with Crippen molar-refractivity contribution >= 4 is 22.9 Å². The maximum Gasteiger partial charge on any atom is 0.257 e. The first kappa shape index (κ1) is 13.4. The third kappa shape index (κ3) is 2.53. The van der Waals surface area contributed by atoms with Gasteiger partial charge in [0.25, 0.3) is 5.91 Å². The molecule has 1 heterocycles. The van der Waals surface area contributed by atoms with E-state index in [0.29, 0.717) is 5.57 Å². The molecule has 0 unspecified atom stereocenters. The molecule has 0 atom stereocenters. The van der Waals surface area contributed by atoms with Gasteiger partial charge in [-0.15, -0.1) is 0 Å². The Balaban J connectivity index is 1.92. The highest BCUT2D eigenvalue weighted by atomic mass is 16.3. The molecule has 0 fully saturated rings. The molecule has 0 aromatic heterocycles. The predicted octanol–water partition coefficient (Wildman–Crippen LogP) is 2.89. The van der Waals surface area contributed by atoms with E-state index in [-0.39, 0.29) is 12.5 Å². The van der Waals surface area contributed by atoms with E-state index in [1.165, 1.54) is 0 Å². The minimum absolute atomic E-state index is 0.00544. The lowest BCUT2D eigenvalue weighted by Crippen LogP contribution is -2.05. The van der Waals surface area contributed by atoms with Crippen LogP contribution in [0.4, 0.5) is 11.4 Å². The summed E-state index contributed by atoms with van der Waals surface area (Å²) >= 11 is 0. The monoisotopic (exact) mass is 280 g/mol. The Morgan fingerprint density at radius 1 is 1.24 bits per heavy atom. The fraction of sp³-hybridized carbons (Fsp3) is 0.118. The second-order valence-corrected chi connectivity index (χ2v) is 5.01. The molecule has 21 heavy (non-hydrogen) atoms. The van der Waals surface area contributed by atoms with E-state index in [1.807, 2.05) is 49.4 Å². The number of nitrogens with one attached hydrogen (secondary N) is 2. The molecule has 0 spiro atoms. The number of aliphatic hydroxyl groups is 1. The molecule has 3 rings (SSSR count). The Bertz CT molecular complexity index is 735. The maximum absolute atomic E-state index is 12.1. The molecule has 106 valence electrons. The standard InChI is InChI=1S/C17H16N2O2/c1-11-4-2-7-15-16(11)14(17(21)19-15)9-18-13-6-3-5-12(8-13)10-20/h2-9,18,20H,10H2,1H3,(H,19,21)/b14-9+. The molecule has 0 saturated carbocycles. The van der Waals surface area contributed by atoms with Gasteiger partial charge in [-0.05, 0) is 36.2 Å². The number of carbonyl (C=O) groups excluding carboxylic acids is 1. The van der Waals surface area contributed by atoms with Gasteiger partial charge in [-0.25, -0.2) is 0 Å². The molecule has 4 heteroatoms. The van der Waals surface area contributed by atoms with Gasteiger partial charge in [-0.1, -0.05) is 24.3 Å². The number of carbonyl (C=O) groups is 1. The lowest BCUT2D eigenvalue weighted by molar-refractivity contribution is -0.110. The molecule has 1 aliphatic rings. The molecular weight excluding hydrogens is 264 g/mol. The van der Waals surface area contributed by atoms with Crippen LogP contribution in [0.15, 0.2) is 48.7 Å². The summed E-state index contributed by atoms with van der Waals surface area (Å²) in [5, 5.41) is 15.1. The Hall–Kier alpha value is -2.59. The van der Waals surface area contributed by atoms with E-state index in [2.05, 4.69) is 10.6 Å². The number of aryl methyl sites for hydroxylation is 1. The Morgan fingerprint density at radius 2 is 2.05 bits per heavy atom. The summed E-state index contributed by atoms with van der Waals surface area (Å²) in [6, 6.07) is 13.3. The van der Waals surface area contributed by atoms with Crippen LogP contribution >= 0.6 is 0 Å². The predicted molar refractivity (Wildman–Crippen MR) is 83.8 cm³/mol. The zero-order valence-electron chi connectivity index (χ0n) is 11.7. The highest BCUT2D eigenvalue weighted by Crippen LogP contribution is 2.34. The Labute approximate surface area is 123 Å². The second-order valence-electron chi connectivity index (χ2n) is 5.01. The van der Waals surface area contributed by atoms with Crippen molar-refractivity contribution in [3.05, 3.63) is 65.4 Å². The van der Waals surface area contributed by atoms with Crippen LogP contribution in [-0.4, -0.2) is 11.0 Å². The van der Waals surface area contributed by atoms with E-state index in [4.69, 9.17) is 5.11 Å². The number of benzene rings is 2. The van der Waals surface area contributed by atoms with Gasteiger partial charge in [0.05, 0.1) is 12.2 Å². The highest BCUT2D eigenvalue weighted by Gasteiger charge is 2.25. The number of amides is 1. The summed E-state index contributed by atoms with van der Waals surface area (Å²) < 4.78 is 0. The fourth-order valence-corrected chi connectivity index (χ4v) is 2.49. The van der Waals surface area contributed by atoms with Crippen LogP contribution in [0.5, 0.6) is 0 Å². The number of aliphatic hydroxyl groups excluding tert-OH is 1. The number of anilines is 2. The third-order valence-electron chi connectivity index (χ3n) is 3.53. The summed E-state index contributed by atoms with van der Waals surface area (Å²) in [4.78, 5) is 12.1. The van der Waals surface area contributed by atoms with Crippen LogP contribution in [0.3, 0.4) is 0 Å². The molecule has 0 aliphatic carbocycles. The van der Waals surface area contributed by atoms with E-state index in [0.717, 1.165) is 28.1 Å². The zero-order chi connectivity index (χ0) is 14.8. The van der Waals surface area contributed by atoms with Gasteiger partial charge in [-0.3, -0.25) is 4.79 Å². The summed E-state index contributed by atoms with van der Waals surface area (Å²) in [6.45, 7) is 1.98. The van der Waals surface area contributed by atoms with E-state index in [1.54, 1.807) is 6.20 Å². The smallest absolute Gasteiger partial charge is 0.257 e. The normalized spacial score (nSPS) is 15.0. The number of hydrogen-bond donors (Lipinski definition) is 3. The van der Waals surface area contributed by atoms with Gasteiger partial charge in [0.15, 0.2) is 0 Å². The van der Waals surface area contributed by atoms with Crippen molar-refractivity contribution in [1.29, 1.82) is 0 Å². The van der Waals surface area contributed by atoms with E-state index >= 15 is 0 Å². The lowest BCUT2D eigenvalue weighted by Gasteiger charge is -2.06.